The van der Waals surface area contributed by atoms with Crippen LogP contribution in [0.2, 0.25) is 0 Å². The average molecular weight is 225 g/mol. The second-order valence-electron chi connectivity index (χ2n) is 6.09. The maximum atomic E-state index is 3.58. The summed E-state index contributed by atoms with van der Waals surface area (Å²) in [6, 6.07) is 0. The van der Waals surface area contributed by atoms with Gasteiger partial charge in [0.05, 0.1) is 0 Å². The highest BCUT2D eigenvalue weighted by molar-refractivity contribution is 4.88. The van der Waals surface area contributed by atoms with Gasteiger partial charge in [0.2, 0.25) is 0 Å². The molecule has 1 atom stereocenters. The van der Waals surface area contributed by atoms with Crippen LogP contribution in [0.1, 0.15) is 27.2 Å². The molecule has 3 nitrogen and oxygen atoms in total. The quantitative estimate of drug-likeness (QED) is 0.773. The SMILES string of the molecule is CCN1CCC(CN2CCNC(C)(C)C2)C1. The van der Waals surface area contributed by atoms with E-state index in [9.17, 15) is 0 Å². The van der Waals surface area contributed by atoms with Gasteiger partial charge in [0, 0.05) is 38.3 Å². The topological polar surface area (TPSA) is 18.5 Å². The molecule has 0 bridgehead atoms. The van der Waals surface area contributed by atoms with Gasteiger partial charge in [-0.25, -0.2) is 0 Å². The zero-order valence-corrected chi connectivity index (χ0v) is 11.1. The molecular weight excluding hydrogens is 198 g/mol. The molecule has 16 heavy (non-hydrogen) atoms. The van der Waals surface area contributed by atoms with Crippen LogP contribution in [0, 0.1) is 5.92 Å². The van der Waals surface area contributed by atoms with Crippen molar-refractivity contribution < 1.29 is 0 Å². The third-order valence-electron chi connectivity index (χ3n) is 3.98. The van der Waals surface area contributed by atoms with E-state index in [2.05, 4.69) is 35.9 Å². The zero-order chi connectivity index (χ0) is 11.6. The number of nitrogens with zero attached hydrogens (tertiary/aromatic N) is 2. The molecule has 0 aromatic carbocycles. The normalized spacial score (nSPS) is 32.1. The molecule has 0 radical (unpaired) electrons. The Bertz CT molecular complexity index is 227. The minimum absolute atomic E-state index is 0.307. The Hall–Kier alpha value is -0.120. The Balaban J connectivity index is 1.77. The second kappa shape index (κ2) is 5.03. The van der Waals surface area contributed by atoms with Crippen LogP contribution in [0.15, 0.2) is 0 Å². The minimum Gasteiger partial charge on any atom is -0.309 e. The number of likely N-dealkylation sites (tertiary alicyclic amines) is 1. The molecule has 2 saturated heterocycles. The lowest BCUT2D eigenvalue weighted by molar-refractivity contribution is 0.135. The third-order valence-corrected chi connectivity index (χ3v) is 3.98. The smallest absolute Gasteiger partial charge is 0.0252 e. The Kier molecular flexibility index (Phi) is 3.88. The molecule has 0 amide bonds. The van der Waals surface area contributed by atoms with Crippen molar-refractivity contribution >= 4 is 0 Å². The van der Waals surface area contributed by atoms with Crippen LogP contribution in [0.4, 0.5) is 0 Å². The molecule has 94 valence electrons. The first-order valence-corrected chi connectivity index (χ1v) is 6.79. The second-order valence-corrected chi connectivity index (χ2v) is 6.09. The predicted molar refractivity (Wildman–Crippen MR) is 68.7 cm³/mol. The number of hydrogen-bond donors (Lipinski definition) is 1. The van der Waals surface area contributed by atoms with E-state index in [1.165, 1.54) is 45.7 Å². The maximum Gasteiger partial charge on any atom is 0.0252 e. The number of hydrogen-bond acceptors (Lipinski definition) is 3. The van der Waals surface area contributed by atoms with Crippen molar-refractivity contribution in [2.24, 2.45) is 5.92 Å². The lowest BCUT2D eigenvalue weighted by Crippen LogP contribution is -2.57. The number of rotatable bonds is 3. The van der Waals surface area contributed by atoms with Crippen LogP contribution < -0.4 is 5.32 Å². The summed E-state index contributed by atoms with van der Waals surface area (Å²) in [7, 11) is 0. The number of nitrogens with one attached hydrogen (secondary N) is 1. The van der Waals surface area contributed by atoms with E-state index in [0.29, 0.717) is 5.54 Å². The fourth-order valence-corrected chi connectivity index (χ4v) is 3.12. The van der Waals surface area contributed by atoms with Gasteiger partial charge in [-0.3, -0.25) is 4.90 Å². The summed E-state index contributed by atoms with van der Waals surface area (Å²) in [4.78, 5) is 5.23. The summed E-state index contributed by atoms with van der Waals surface area (Å²) in [5.74, 6) is 0.911. The summed E-state index contributed by atoms with van der Waals surface area (Å²) in [6.45, 7) is 15.6. The first-order chi connectivity index (χ1) is 7.59. The summed E-state index contributed by atoms with van der Waals surface area (Å²) < 4.78 is 0. The fraction of sp³-hybridized carbons (Fsp3) is 1.00. The van der Waals surface area contributed by atoms with Crippen LogP contribution in [0.25, 0.3) is 0 Å². The van der Waals surface area contributed by atoms with Gasteiger partial charge in [-0.2, -0.15) is 0 Å². The van der Waals surface area contributed by atoms with Crippen molar-refractivity contribution in [1.82, 2.24) is 15.1 Å². The monoisotopic (exact) mass is 225 g/mol. The van der Waals surface area contributed by atoms with Crippen molar-refractivity contribution in [2.75, 3.05) is 45.8 Å². The highest BCUT2D eigenvalue weighted by Crippen LogP contribution is 2.19. The molecule has 3 heteroatoms. The summed E-state index contributed by atoms with van der Waals surface area (Å²) in [5.41, 5.74) is 0.307. The lowest BCUT2D eigenvalue weighted by atomic mass is 10.0. The molecule has 1 N–H and O–H groups in total. The van der Waals surface area contributed by atoms with Gasteiger partial charge in [0.25, 0.3) is 0 Å². The molecule has 0 spiro atoms. The van der Waals surface area contributed by atoms with Crippen LogP contribution in [-0.4, -0.2) is 61.2 Å². The van der Waals surface area contributed by atoms with E-state index in [4.69, 9.17) is 0 Å². The molecule has 0 aliphatic carbocycles. The van der Waals surface area contributed by atoms with Crippen LogP contribution in [0.3, 0.4) is 0 Å². The molecule has 0 saturated carbocycles. The highest BCUT2D eigenvalue weighted by atomic mass is 15.2. The minimum atomic E-state index is 0.307. The molecule has 2 aliphatic heterocycles. The summed E-state index contributed by atoms with van der Waals surface area (Å²) in [6.07, 6.45) is 1.40. The van der Waals surface area contributed by atoms with E-state index >= 15 is 0 Å². The Morgan fingerprint density at radius 2 is 2.06 bits per heavy atom. The maximum absolute atomic E-state index is 3.58. The van der Waals surface area contributed by atoms with Gasteiger partial charge in [-0.05, 0) is 39.3 Å². The van der Waals surface area contributed by atoms with Crippen molar-refractivity contribution in [3.05, 3.63) is 0 Å². The van der Waals surface area contributed by atoms with E-state index in [1.54, 1.807) is 0 Å². The van der Waals surface area contributed by atoms with Crippen LogP contribution in [0.5, 0.6) is 0 Å². The molecule has 1 unspecified atom stereocenters. The molecule has 2 heterocycles. The van der Waals surface area contributed by atoms with Crippen molar-refractivity contribution in [2.45, 2.75) is 32.7 Å². The van der Waals surface area contributed by atoms with Gasteiger partial charge < -0.3 is 10.2 Å². The summed E-state index contributed by atoms with van der Waals surface area (Å²) in [5, 5.41) is 3.58. The van der Waals surface area contributed by atoms with E-state index in [-0.39, 0.29) is 0 Å². The average Bonchev–Trinajstić information content (AvgIpc) is 2.64. The molecule has 2 rings (SSSR count). The Labute approximate surface area is 100 Å². The van der Waals surface area contributed by atoms with E-state index in [0.717, 1.165) is 12.5 Å². The first-order valence-electron chi connectivity index (χ1n) is 6.79. The highest BCUT2D eigenvalue weighted by Gasteiger charge is 2.29. The molecule has 2 fully saturated rings. The fourth-order valence-electron chi connectivity index (χ4n) is 3.12. The predicted octanol–water partition coefficient (Wildman–Crippen LogP) is 1.01. The van der Waals surface area contributed by atoms with E-state index < -0.39 is 0 Å². The standard InChI is InChI=1S/C13H27N3/c1-4-15-7-5-12(9-15)10-16-8-6-14-13(2,3)11-16/h12,14H,4-11H2,1-3H3. The first kappa shape index (κ1) is 12.3. The van der Waals surface area contributed by atoms with Gasteiger partial charge in [0.15, 0.2) is 0 Å². The Morgan fingerprint density at radius 3 is 2.69 bits per heavy atom. The largest absolute Gasteiger partial charge is 0.309 e. The van der Waals surface area contributed by atoms with E-state index in [1.807, 2.05) is 0 Å². The van der Waals surface area contributed by atoms with Gasteiger partial charge in [-0.1, -0.05) is 6.92 Å². The number of piperazine rings is 1. The van der Waals surface area contributed by atoms with Gasteiger partial charge >= 0.3 is 0 Å². The van der Waals surface area contributed by atoms with Crippen LogP contribution in [-0.2, 0) is 0 Å². The third kappa shape index (κ3) is 3.19. The van der Waals surface area contributed by atoms with Gasteiger partial charge in [-0.15, -0.1) is 0 Å². The molecule has 0 aromatic heterocycles. The van der Waals surface area contributed by atoms with Crippen molar-refractivity contribution in [3.8, 4) is 0 Å². The van der Waals surface area contributed by atoms with Crippen molar-refractivity contribution in [1.29, 1.82) is 0 Å². The van der Waals surface area contributed by atoms with Gasteiger partial charge in [0.1, 0.15) is 0 Å². The van der Waals surface area contributed by atoms with Crippen molar-refractivity contribution in [3.63, 3.8) is 0 Å². The van der Waals surface area contributed by atoms with Crippen LogP contribution >= 0.6 is 0 Å². The molecular formula is C13H27N3. The molecule has 2 aliphatic rings. The Morgan fingerprint density at radius 1 is 1.25 bits per heavy atom. The molecule has 0 aromatic rings. The lowest BCUT2D eigenvalue weighted by Gasteiger charge is -2.40. The summed E-state index contributed by atoms with van der Waals surface area (Å²) >= 11 is 0. The zero-order valence-electron chi connectivity index (χ0n) is 11.1.